The van der Waals surface area contributed by atoms with Crippen LogP contribution < -0.4 is 20.3 Å². The molecule has 0 radical (unpaired) electrons. The Balaban J connectivity index is 0.00000306. The molecule has 4 rings (SSSR count). The molecule has 1 saturated heterocycles. The van der Waals surface area contributed by atoms with Crippen LogP contribution in [0.3, 0.4) is 0 Å². The van der Waals surface area contributed by atoms with Crippen LogP contribution in [0.2, 0.25) is 0 Å². The van der Waals surface area contributed by atoms with Crippen molar-refractivity contribution in [2.24, 2.45) is 4.99 Å². The molecule has 7 nitrogen and oxygen atoms in total. The molecule has 1 unspecified atom stereocenters. The highest BCUT2D eigenvalue weighted by Crippen LogP contribution is 2.21. The first-order valence-corrected chi connectivity index (χ1v) is 10.3. The van der Waals surface area contributed by atoms with E-state index >= 15 is 0 Å². The molecule has 1 aliphatic heterocycles. The van der Waals surface area contributed by atoms with Gasteiger partial charge in [-0.05, 0) is 48.4 Å². The van der Waals surface area contributed by atoms with Crippen LogP contribution in [0.5, 0.6) is 11.6 Å². The van der Waals surface area contributed by atoms with Crippen LogP contribution in [0.4, 0.5) is 14.6 Å². The average Bonchev–Trinajstić information content (AvgIpc) is 3.27. The number of nitrogens with zero attached hydrogens (tertiary/aromatic N) is 4. The number of ether oxygens (including phenoxy) is 1. The number of benzene rings is 1. The van der Waals surface area contributed by atoms with Gasteiger partial charge in [-0.25, -0.2) is 18.7 Å². The van der Waals surface area contributed by atoms with E-state index < -0.39 is 0 Å². The summed E-state index contributed by atoms with van der Waals surface area (Å²) in [7, 11) is 1.71. The van der Waals surface area contributed by atoms with Crippen molar-refractivity contribution in [3.8, 4) is 11.6 Å². The number of aromatic nitrogens is 2. The Hall–Kier alpha value is -3.02. The van der Waals surface area contributed by atoms with E-state index in [4.69, 9.17) is 4.74 Å². The fourth-order valence-corrected chi connectivity index (χ4v) is 3.45. The van der Waals surface area contributed by atoms with E-state index in [1.807, 2.05) is 11.0 Å². The number of rotatable bonds is 6. The Morgan fingerprint density at radius 1 is 1.15 bits per heavy atom. The van der Waals surface area contributed by atoms with Crippen molar-refractivity contribution in [2.45, 2.75) is 19.0 Å². The second-order valence-corrected chi connectivity index (χ2v) is 7.37. The summed E-state index contributed by atoms with van der Waals surface area (Å²) in [6.45, 7) is 1.89. The van der Waals surface area contributed by atoms with Gasteiger partial charge in [-0.3, -0.25) is 4.99 Å². The van der Waals surface area contributed by atoms with Crippen molar-refractivity contribution in [3.63, 3.8) is 0 Å². The zero-order valence-electron chi connectivity index (χ0n) is 18.0. The predicted molar refractivity (Wildman–Crippen MR) is 134 cm³/mol. The monoisotopic (exact) mass is 566 g/mol. The molecule has 0 aliphatic carbocycles. The summed E-state index contributed by atoms with van der Waals surface area (Å²) in [5, 5.41) is 6.64. The van der Waals surface area contributed by atoms with Gasteiger partial charge in [0.1, 0.15) is 11.6 Å². The number of hydrogen-bond acceptors (Lipinski definition) is 5. The van der Waals surface area contributed by atoms with Crippen LogP contribution in [-0.4, -0.2) is 42.1 Å². The van der Waals surface area contributed by atoms with Gasteiger partial charge >= 0.3 is 0 Å². The molecule has 10 heteroatoms. The van der Waals surface area contributed by atoms with Crippen LogP contribution in [0, 0.1) is 11.6 Å². The molecule has 2 N–H and O–H groups in total. The molecule has 3 heterocycles. The molecule has 2 aromatic heterocycles. The molecule has 0 spiro atoms. The topological polar surface area (TPSA) is 74.7 Å². The van der Waals surface area contributed by atoms with Crippen molar-refractivity contribution in [2.75, 3.05) is 25.0 Å². The van der Waals surface area contributed by atoms with Gasteiger partial charge in [0.25, 0.3) is 0 Å². The quantitative estimate of drug-likeness (QED) is 0.266. The molecule has 1 atom stereocenters. The molecule has 0 amide bonds. The lowest BCUT2D eigenvalue weighted by molar-refractivity contribution is 0.461. The van der Waals surface area contributed by atoms with Crippen LogP contribution in [0.1, 0.15) is 12.0 Å². The van der Waals surface area contributed by atoms with Gasteiger partial charge in [-0.1, -0.05) is 6.07 Å². The summed E-state index contributed by atoms with van der Waals surface area (Å²) >= 11 is 0. The van der Waals surface area contributed by atoms with E-state index in [-0.39, 0.29) is 41.7 Å². The minimum atomic E-state index is -0.317. The maximum absolute atomic E-state index is 14.0. The van der Waals surface area contributed by atoms with Crippen molar-refractivity contribution < 1.29 is 13.5 Å². The highest BCUT2D eigenvalue weighted by atomic mass is 127. The van der Waals surface area contributed by atoms with Gasteiger partial charge in [-0.15, -0.1) is 24.0 Å². The highest BCUT2D eigenvalue weighted by molar-refractivity contribution is 14.0. The maximum atomic E-state index is 14.0. The molecular weight excluding hydrogens is 541 g/mol. The Kier molecular flexibility index (Phi) is 8.75. The average molecular weight is 566 g/mol. The molecule has 33 heavy (non-hydrogen) atoms. The van der Waals surface area contributed by atoms with Crippen molar-refractivity contribution in [3.05, 3.63) is 78.1 Å². The van der Waals surface area contributed by atoms with Crippen molar-refractivity contribution in [1.29, 1.82) is 0 Å². The first-order valence-electron chi connectivity index (χ1n) is 10.3. The fourth-order valence-electron chi connectivity index (χ4n) is 3.45. The minimum absolute atomic E-state index is 0. The number of aliphatic imine (C=N–C) groups is 1. The molecule has 174 valence electrons. The summed E-state index contributed by atoms with van der Waals surface area (Å²) in [5.41, 5.74) is 0.947. The second-order valence-electron chi connectivity index (χ2n) is 7.37. The first-order chi connectivity index (χ1) is 15.6. The molecule has 0 saturated carbocycles. The van der Waals surface area contributed by atoms with Crippen LogP contribution in [-0.2, 0) is 6.54 Å². The lowest BCUT2D eigenvalue weighted by atomic mass is 10.2. The third-order valence-electron chi connectivity index (χ3n) is 5.08. The molecule has 1 aromatic carbocycles. The highest BCUT2D eigenvalue weighted by Gasteiger charge is 2.25. The van der Waals surface area contributed by atoms with Crippen LogP contribution >= 0.6 is 24.0 Å². The number of nitrogens with one attached hydrogen (secondary N) is 2. The van der Waals surface area contributed by atoms with Crippen LogP contribution in [0.15, 0.2) is 65.9 Å². The van der Waals surface area contributed by atoms with E-state index in [0.717, 1.165) is 18.5 Å². The van der Waals surface area contributed by atoms with E-state index in [2.05, 4.69) is 25.6 Å². The van der Waals surface area contributed by atoms with Gasteiger partial charge in [0.15, 0.2) is 17.6 Å². The van der Waals surface area contributed by atoms with E-state index in [0.29, 0.717) is 36.5 Å². The normalized spacial score (nSPS) is 15.7. The summed E-state index contributed by atoms with van der Waals surface area (Å²) in [4.78, 5) is 14.6. The largest absolute Gasteiger partial charge is 0.439 e. The van der Waals surface area contributed by atoms with Gasteiger partial charge in [0.05, 0.1) is 0 Å². The zero-order chi connectivity index (χ0) is 22.3. The summed E-state index contributed by atoms with van der Waals surface area (Å²) in [6, 6.07) is 12.6. The smallest absolute Gasteiger partial charge is 0.219 e. The SMILES string of the molecule is CN=C(NCc1ccc(Oc2ccc(F)cc2)nc1)NC1CCN(c2ncccc2F)C1.I. The van der Waals surface area contributed by atoms with Crippen LogP contribution in [0.25, 0.3) is 0 Å². The Bertz CT molecular complexity index is 1070. The number of hydrogen-bond donors (Lipinski definition) is 2. The number of halogens is 3. The molecule has 1 aliphatic rings. The zero-order valence-corrected chi connectivity index (χ0v) is 20.4. The van der Waals surface area contributed by atoms with E-state index in [1.54, 1.807) is 43.7 Å². The molecular formula is C23H25F2IN6O. The fraction of sp³-hybridized carbons (Fsp3) is 0.261. The lowest BCUT2D eigenvalue weighted by Crippen LogP contribution is -2.44. The van der Waals surface area contributed by atoms with Gasteiger partial charge in [0.2, 0.25) is 5.88 Å². The van der Waals surface area contributed by atoms with E-state index in [9.17, 15) is 8.78 Å². The van der Waals surface area contributed by atoms with Gasteiger partial charge < -0.3 is 20.3 Å². The second kappa shape index (κ2) is 11.7. The molecule has 3 aromatic rings. The van der Waals surface area contributed by atoms with Gasteiger partial charge in [-0.2, -0.15) is 0 Å². The third-order valence-corrected chi connectivity index (χ3v) is 5.08. The lowest BCUT2D eigenvalue weighted by Gasteiger charge is -2.20. The minimum Gasteiger partial charge on any atom is -0.439 e. The first kappa shape index (κ1) is 24.6. The summed E-state index contributed by atoms with van der Waals surface area (Å²) in [6.07, 6.45) is 4.16. The predicted octanol–water partition coefficient (Wildman–Crippen LogP) is 4.11. The Labute approximate surface area is 208 Å². The molecule has 0 bridgehead atoms. The number of anilines is 1. The standard InChI is InChI=1S/C23H24F2N6O.HI/c1-26-23(30-18-10-12-31(15-18)22-20(25)3-2-11-27-22)29-14-16-4-9-21(28-13-16)32-19-7-5-17(24)6-8-19;/h2-9,11,13,18H,10,12,14-15H2,1H3,(H2,26,29,30);1H. The molecule has 1 fully saturated rings. The van der Waals surface area contributed by atoms with E-state index in [1.165, 1.54) is 18.2 Å². The Morgan fingerprint density at radius 3 is 2.67 bits per heavy atom. The Morgan fingerprint density at radius 2 is 1.97 bits per heavy atom. The maximum Gasteiger partial charge on any atom is 0.219 e. The number of pyridine rings is 2. The number of guanidine groups is 1. The summed E-state index contributed by atoms with van der Waals surface area (Å²) < 4.78 is 32.6. The summed E-state index contributed by atoms with van der Waals surface area (Å²) in [5.74, 6) is 1.36. The van der Waals surface area contributed by atoms with Crippen molar-refractivity contribution in [1.82, 2.24) is 20.6 Å². The van der Waals surface area contributed by atoms with Crippen molar-refractivity contribution >= 4 is 35.8 Å². The van der Waals surface area contributed by atoms with Gasteiger partial charge in [0, 0.05) is 51.2 Å². The third kappa shape index (κ3) is 6.73.